The first-order chi connectivity index (χ1) is 10.1. The molecule has 0 radical (unpaired) electrons. The van der Waals surface area contributed by atoms with Crippen LogP contribution >= 0.6 is 15.9 Å². The van der Waals surface area contributed by atoms with Crippen molar-refractivity contribution in [2.45, 2.75) is 63.0 Å². The van der Waals surface area contributed by atoms with E-state index < -0.39 is 0 Å². The third-order valence-electron chi connectivity index (χ3n) is 5.04. The zero-order chi connectivity index (χ0) is 15.0. The molecular formula is C17H24BrNO2. The maximum absolute atomic E-state index is 6.23. The fourth-order valence-electron chi connectivity index (χ4n) is 3.47. The number of ether oxygens (including phenoxy) is 2. The zero-order valence-electron chi connectivity index (χ0n) is 12.8. The van der Waals surface area contributed by atoms with E-state index in [1.165, 1.54) is 18.4 Å². The minimum absolute atomic E-state index is 0.128. The molecule has 0 amide bonds. The van der Waals surface area contributed by atoms with Gasteiger partial charge in [0.05, 0.1) is 17.7 Å². The minimum Gasteiger partial charge on any atom is -0.492 e. The molecule has 21 heavy (non-hydrogen) atoms. The van der Waals surface area contributed by atoms with Gasteiger partial charge in [-0.15, -0.1) is 0 Å². The Balaban J connectivity index is 1.94. The SMILES string of the molecule is COc1c(Br)cc(C2(C(C)N)CC2)cc1OC1CCCC1. The van der Waals surface area contributed by atoms with E-state index >= 15 is 0 Å². The summed E-state index contributed by atoms with van der Waals surface area (Å²) in [6.45, 7) is 2.10. The predicted octanol–water partition coefficient (Wildman–Crippen LogP) is 4.16. The highest BCUT2D eigenvalue weighted by atomic mass is 79.9. The van der Waals surface area contributed by atoms with Gasteiger partial charge in [0.2, 0.25) is 0 Å². The van der Waals surface area contributed by atoms with Crippen molar-refractivity contribution in [2.24, 2.45) is 5.73 Å². The first-order valence-corrected chi connectivity index (χ1v) is 8.66. The van der Waals surface area contributed by atoms with Crippen LogP contribution in [0.15, 0.2) is 16.6 Å². The zero-order valence-corrected chi connectivity index (χ0v) is 14.4. The molecule has 0 aliphatic heterocycles. The summed E-state index contributed by atoms with van der Waals surface area (Å²) in [6.07, 6.45) is 7.45. The van der Waals surface area contributed by atoms with E-state index in [1.54, 1.807) is 7.11 Å². The second kappa shape index (κ2) is 5.81. The van der Waals surface area contributed by atoms with Crippen LogP contribution < -0.4 is 15.2 Å². The van der Waals surface area contributed by atoms with Crippen molar-refractivity contribution in [3.8, 4) is 11.5 Å². The maximum Gasteiger partial charge on any atom is 0.174 e. The number of hydrogen-bond donors (Lipinski definition) is 1. The summed E-state index contributed by atoms with van der Waals surface area (Å²) in [4.78, 5) is 0. The van der Waals surface area contributed by atoms with E-state index in [0.29, 0.717) is 6.10 Å². The number of methoxy groups -OCH3 is 1. The van der Waals surface area contributed by atoms with Gasteiger partial charge >= 0.3 is 0 Å². The number of rotatable bonds is 5. The molecular weight excluding hydrogens is 330 g/mol. The maximum atomic E-state index is 6.23. The van der Waals surface area contributed by atoms with Crippen molar-refractivity contribution in [3.05, 3.63) is 22.2 Å². The largest absolute Gasteiger partial charge is 0.492 e. The van der Waals surface area contributed by atoms with Crippen molar-refractivity contribution in [1.82, 2.24) is 0 Å². The molecule has 2 aliphatic carbocycles. The lowest BCUT2D eigenvalue weighted by molar-refractivity contribution is 0.200. The van der Waals surface area contributed by atoms with Gasteiger partial charge in [0.25, 0.3) is 0 Å². The number of hydrogen-bond acceptors (Lipinski definition) is 3. The van der Waals surface area contributed by atoms with Crippen molar-refractivity contribution in [2.75, 3.05) is 7.11 Å². The lowest BCUT2D eigenvalue weighted by Crippen LogP contribution is -2.31. The lowest BCUT2D eigenvalue weighted by atomic mass is 9.89. The molecule has 2 saturated carbocycles. The van der Waals surface area contributed by atoms with Crippen LogP contribution in [-0.2, 0) is 5.41 Å². The van der Waals surface area contributed by atoms with Crippen molar-refractivity contribution in [1.29, 1.82) is 0 Å². The minimum atomic E-state index is 0.128. The third-order valence-corrected chi connectivity index (χ3v) is 5.63. The summed E-state index contributed by atoms with van der Waals surface area (Å²) in [5, 5.41) is 0. The Kier molecular flexibility index (Phi) is 4.19. The molecule has 116 valence electrons. The van der Waals surface area contributed by atoms with Crippen molar-refractivity contribution in [3.63, 3.8) is 0 Å². The molecule has 0 bridgehead atoms. The van der Waals surface area contributed by atoms with Gasteiger partial charge in [0, 0.05) is 11.5 Å². The van der Waals surface area contributed by atoms with Crippen molar-refractivity contribution >= 4 is 15.9 Å². The van der Waals surface area contributed by atoms with E-state index in [0.717, 1.165) is 41.7 Å². The molecule has 1 atom stereocenters. The van der Waals surface area contributed by atoms with E-state index in [9.17, 15) is 0 Å². The smallest absolute Gasteiger partial charge is 0.174 e. The van der Waals surface area contributed by atoms with E-state index in [2.05, 4.69) is 35.0 Å². The van der Waals surface area contributed by atoms with Crippen LogP contribution in [0.2, 0.25) is 0 Å². The number of halogens is 1. The Morgan fingerprint density at radius 2 is 1.95 bits per heavy atom. The second-order valence-corrected chi connectivity index (χ2v) is 7.31. The molecule has 0 heterocycles. The van der Waals surface area contributed by atoms with Gasteiger partial charge in [0.1, 0.15) is 0 Å². The molecule has 0 saturated heterocycles. The van der Waals surface area contributed by atoms with E-state index in [1.807, 2.05) is 0 Å². The molecule has 1 unspecified atom stereocenters. The van der Waals surface area contributed by atoms with Gasteiger partial charge in [-0.05, 0) is 79.1 Å². The summed E-state index contributed by atoms with van der Waals surface area (Å²) in [5.41, 5.74) is 7.62. The van der Waals surface area contributed by atoms with Crippen LogP contribution in [0, 0.1) is 0 Å². The van der Waals surface area contributed by atoms with Gasteiger partial charge in [-0.1, -0.05) is 0 Å². The molecule has 1 aromatic rings. The highest BCUT2D eigenvalue weighted by Crippen LogP contribution is 2.53. The fraction of sp³-hybridized carbons (Fsp3) is 0.647. The van der Waals surface area contributed by atoms with Crippen LogP contribution in [0.5, 0.6) is 11.5 Å². The summed E-state index contributed by atoms with van der Waals surface area (Å²) in [5.74, 6) is 1.66. The third kappa shape index (κ3) is 2.80. The highest BCUT2D eigenvalue weighted by Gasteiger charge is 2.48. The molecule has 2 aliphatic rings. The predicted molar refractivity (Wildman–Crippen MR) is 88.1 cm³/mol. The Labute approximate surface area is 135 Å². The molecule has 3 rings (SSSR count). The molecule has 3 nitrogen and oxygen atoms in total. The quantitative estimate of drug-likeness (QED) is 0.864. The van der Waals surface area contributed by atoms with Crippen LogP contribution in [0.3, 0.4) is 0 Å². The monoisotopic (exact) mass is 353 g/mol. The Bertz CT molecular complexity index is 520. The number of nitrogens with two attached hydrogens (primary N) is 1. The van der Waals surface area contributed by atoms with Crippen LogP contribution in [0.4, 0.5) is 0 Å². The summed E-state index contributed by atoms with van der Waals surface area (Å²) >= 11 is 3.63. The molecule has 0 aromatic heterocycles. The first kappa shape index (κ1) is 15.2. The Morgan fingerprint density at radius 1 is 1.29 bits per heavy atom. The highest BCUT2D eigenvalue weighted by molar-refractivity contribution is 9.10. The van der Waals surface area contributed by atoms with E-state index in [4.69, 9.17) is 15.2 Å². The lowest BCUT2D eigenvalue weighted by Gasteiger charge is -2.24. The molecule has 1 aromatic carbocycles. The number of benzene rings is 1. The average molecular weight is 354 g/mol. The average Bonchev–Trinajstić information content (AvgIpc) is 3.11. The van der Waals surface area contributed by atoms with Gasteiger partial charge < -0.3 is 15.2 Å². The van der Waals surface area contributed by atoms with Crippen LogP contribution in [0.25, 0.3) is 0 Å². The van der Waals surface area contributed by atoms with Crippen LogP contribution in [-0.4, -0.2) is 19.3 Å². The standard InChI is InChI=1S/C17H24BrNO2/c1-11(19)17(7-8-17)12-9-14(18)16(20-2)15(10-12)21-13-5-3-4-6-13/h9-11,13H,3-8,19H2,1-2H3. The van der Waals surface area contributed by atoms with Crippen LogP contribution in [0.1, 0.15) is 51.0 Å². The second-order valence-electron chi connectivity index (χ2n) is 6.46. The normalized spacial score (nSPS) is 22.1. The van der Waals surface area contributed by atoms with Gasteiger partial charge in [-0.3, -0.25) is 0 Å². The molecule has 4 heteroatoms. The van der Waals surface area contributed by atoms with E-state index in [-0.39, 0.29) is 11.5 Å². The topological polar surface area (TPSA) is 44.5 Å². The summed E-state index contributed by atoms with van der Waals surface area (Å²) in [6, 6.07) is 4.46. The Morgan fingerprint density at radius 3 is 2.48 bits per heavy atom. The first-order valence-electron chi connectivity index (χ1n) is 7.87. The molecule has 2 fully saturated rings. The van der Waals surface area contributed by atoms with Crippen molar-refractivity contribution < 1.29 is 9.47 Å². The fourth-order valence-corrected chi connectivity index (χ4v) is 4.07. The Hall–Kier alpha value is -0.740. The molecule has 0 spiro atoms. The molecule has 2 N–H and O–H groups in total. The summed E-state index contributed by atoms with van der Waals surface area (Å²) in [7, 11) is 1.69. The van der Waals surface area contributed by atoms with Gasteiger partial charge in [-0.25, -0.2) is 0 Å². The van der Waals surface area contributed by atoms with Gasteiger partial charge in [-0.2, -0.15) is 0 Å². The van der Waals surface area contributed by atoms with Gasteiger partial charge in [0.15, 0.2) is 11.5 Å². The summed E-state index contributed by atoms with van der Waals surface area (Å²) < 4.78 is 12.7.